The van der Waals surface area contributed by atoms with Crippen molar-refractivity contribution in [2.24, 2.45) is 0 Å². The van der Waals surface area contributed by atoms with E-state index in [0.29, 0.717) is 26.1 Å². The highest BCUT2D eigenvalue weighted by Crippen LogP contribution is 2.29. The van der Waals surface area contributed by atoms with Gasteiger partial charge in [-0.3, -0.25) is 10.1 Å². The molecule has 1 unspecified atom stereocenters. The summed E-state index contributed by atoms with van der Waals surface area (Å²) in [6.07, 6.45) is -0.220. The fourth-order valence-corrected chi connectivity index (χ4v) is 1.68. The van der Waals surface area contributed by atoms with Crippen LogP contribution in [0.1, 0.15) is 18.9 Å². The Morgan fingerprint density at radius 1 is 1.52 bits per heavy atom. The number of rotatable bonds is 9. The highest BCUT2D eigenvalue weighted by molar-refractivity contribution is 5.49. The van der Waals surface area contributed by atoms with Crippen LogP contribution in [0.4, 0.5) is 5.69 Å². The number of nitro groups is 1. The van der Waals surface area contributed by atoms with E-state index in [9.17, 15) is 10.1 Å². The van der Waals surface area contributed by atoms with Crippen molar-refractivity contribution in [2.75, 3.05) is 20.3 Å². The van der Waals surface area contributed by atoms with E-state index in [4.69, 9.17) is 14.7 Å². The molecular weight excluding hydrogens is 274 g/mol. The predicted molar refractivity (Wildman–Crippen MR) is 77.0 cm³/mol. The van der Waals surface area contributed by atoms with E-state index < -0.39 is 11.0 Å². The standard InChI is InChI=1S/C14H19N3O4/c1-3-12(9-15)21-14-5-4-11(8-13(14)17(18)19)10-16-6-7-20-2/h4-5,8,12,16H,3,6-7,10H2,1-2H3. The van der Waals surface area contributed by atoms with Crippen molar-refractivity contribution < 1.29 is 14.4 Å². The van der Waals surface area contributed by atoms with Crippen LogP contribution < -0.4 is 10.1 Å². The molecule has 114 valence electrons. The number of hydrogen-bond acceptors (Lipinski definition) is 6. The van der Waals surface area contributed by atoms with Gasteiger partial charge < -0.3 is 14.8 Å². The average Bonchev–Trinajstić information content (AvgIpc) is 2.49. The summed E-state index contributed by atoms with van der Waals surface area (Å²) >= 11 is 0. The minimum atomic E-state index is -0.686. The summed E-state index contributed by atoms with van der Waals surface area (Å²) in [6.45, 7) is 3.52. The Hall–Kier alpha value is -2.17. The molecule has 7 heteroatoms. The van der Waals surface area contributed by atoms with Crippen LogP contribution >= 0.6 is 0 Å². The Morgan fingerprint density at radius 3 is 2.86 bits per heavy atom. The van der Waals surface area contributed by atoms with Crippen molar-refractivity contribution in [1.29, 1.82) is 5.26 Å². The third kappa shape index (κ3) is 5.38. The molecule has 1 atom stereocenters. The van der Waals surface area contributed by atoms with Crippen LogP contribution in [0.25, 0.3) is 0 Å². The lowest BCUT2D eigenvalue weighted by atomic mass is 10.2. The van der Waals surface area contributed by atoms with Crippen LogP contribution in [-0.4, -0.2) is 31.3 Å². The van der Waals surface area contributed by atoms with Gasteiger partial charge in [0.15, 0.2) is 11.9 Å². The SMILES string of the molecule is CCC(C#N)Oc1ccc(CNCCOC)cc1[N+](=O)[O-]. The molecule has 21 heavy (non-hydrogen) atoms. The highest BCUT2D eigenvalue weighted by Gasteiger charge is 2.18. The summed E-state index contributed by atoms with van der Waals surface area (Å²) < 4.78 is 10.3. The van der Waals surface area contributed by atoms with Crippen LogP contribution in [0.2, 0.25) is 0 Å². The first kappa shape index (κ1) is 16.9. The molecule has 0 saturated carbocycles. The molecule has 1 aromatic carbocycles. The van der Waals surface area contributed by atoms with E-state index in [1.54, 1.807) is 20.1 Å². The molecule has 0 fully saturated rings. The molecule has 0 radical (unpaired) electrons. The Bertz CT molecular complexity index is 513. The van der Waals surface area contributed by atoms with E-state index in [0.717, 1.165) is 5.56 Å². The van der Waals surface area contributed by atoms with Crippen LogP contribution in [-0.2, 0) is 11.3 Å². The topological polar surface area (TPSA) is 97.4 Å². The van der Waals surface area contributed by atoms with E-state index in [1.807, 2.05) is 6.07 Å². The van der Waals surface area contributed by atoms with Crippen LogP contribution in [0.15, 0.2) is 18.2 Å². The van der Waals surface area contributed by atoms with Crippen LogP contribution in [0.5, 0.6) is 5.75 Å². The Morgan fingerprint density at radius 2 is 2.29 bits per heavy atom. The number of hydrogen-bond donors (Lipinski definition) is 1. The third-order valence-corrected chi connectivity index (χ3v) is 2.82. The summed E-state index contributed by atoms with van der Waals surface area (Å²) in [6, 6.07) is 6.69. The van der Waals surface area contributed by atoms with Gasteiger partial charge >= 0.3 is 5.69 Å². The second kappa shape index (κ2) is 8.89. The number of nitrogens with zero attached hydrogens (tertiary/aromatic N) is 2. The molecule has 1 rings (SSSR count). The van der Waals surface area contributed by atoms with Crippen LogP contribution in [0.3, 0.4) is 0 Å². The van der Waals surface area contributed by atoms with Gasteiger partial charge in [-0.2, -0.15) is 5.26 Å². The molecular formula is C14H19N3O4. The maximum absolute atomic E-state index is 11.1. The van der Waals surface area contributed by atoms with E-state index >= 15 is 0 Å². The summed E-state index contributed by atoms with van der Waals surface area (Å²) in [4.78, 5) is 10.6. The second-order valence-corrected chi connectivity index (χ2v) is 4.37. The number of benzene rings is 1. The first-order valence-electron chi connectivity index (χ1n) is 6.65. The number of nitriles is 1. The zero-order valence-electron chi connectivity index (χ0n) is 12.2. The Kier molecular flexibility index (Phi) is 7.15. The van der Waals surface area contributed by atoms with Crippen LogP contribution in [0, 0.1) is 21.4 Å². The fourth-order valence-electron chi connectivity index (χ4n) is 1.68. The van der Waals surface area contributed by atoms with Gasteiger partial charge in [-0.1, -0.05) is 13.0 Å². The molecule has 0 amide bonds. The lowest BCUT2D eigenvalue weighted by Crippen LogP contribution is -2.18. The molecule has 0 aliphatic rings. The van der Waals surface area contributed by atoms with Gasteiger partial charge in [-0.05, 0) is 18.1 Å². The molecule has 0 aliphatic heterocycles. The first-order chi connectivity index (χ1) is 10.1. The van der Waals surface area contributed by atoms with Crippen molar-refractivity contribution in [3.8, 4) is 11.8 Å². The maximum Gasteiger partial charge on any atom is 0.311 e. The molecule has 0 aliphatic carbocycles. The van der Waals surface area contributed by atoms with E-state index in [2.05, 4.69) is 5.32 Å². The van der Waals surface area contributed by atoms with Crippen molar-refractivity contribution in [3.05, 3.63) is 33.9 Å². The van der Waals surface area contributed by atoms with Crippen molar-refractivity contribution in [2.45, 2.75) is 26.0 Å². The van der Waals surface area contributed by atoms with Gasteiger partial charge in [-0.15, -0.1) is 0 Å². The molecule has 0 aromatic heterocycles. The van der Waals surface area contributed by atoms with Gasteiger partial charge in [0, 0.05) is 26.3 Å². The number of methoxy groups -OCH3 is 1. The summed E-state index contributed by atoms with van der Waals surface area (Å²) in [5.41, 5.74) is 0.643. The quantitative estimate of drug-likeness (QED) is 0.425. The van der Waals surface area contributed by atoms with E-state index in [-0.39, 0.29) is 11.4 Å². The number of nitrogens with one attached hydrogen (secondary N) is 1. The summed E-state index contributed by atoms with van der Waals surface area (Å²) in [5.74, 6) is 0.119. The van der Waals surface area contributed by atoms with Gasteiger partial charge in [0.25, 0.3) is 0 Å². The summed E-state index contributed by atoms with van der Waals surface area (Å²) in [7, 11) is 1.61. The smallest absolute Gasteiger partial charge is 0.311 e. The van der Waals surface area contributed by atoms with Gasteiger partial charge in [0.1, 0.15) is 6.07 Å². The second-order valence-electron chi connectivity index (χ2n) is 4.37. The first-order valence-corrected chi connectivity index (χ1v) is 6.65. The molecule has 0 spiro atoms. The van der Waals surface area contributed by atoms with Crippen molar-refractivity contribution >= 4 is 5.69 Å². The molecule has 1 aromatic rings. The molecule has 0 heterocycles. The monoisotopic (exact) mass is 293 g/mol. The third-order valence-electron chi connectivity index (χ3n) is 2.82. The number of ether oxygens (including phenoxy) is 2. The van der Waals surface area contributed by atoms with Gasteiger partial charge in [0.05, 0.1) is 11.5 Å². The molecule has 0 bridgehead atoms. The van der Waals surface area contributed by atoms with Gasteiger partial charge in [0.2, 0.25) is 0 Å². The minimum absolute atomic E-state index is 0.119. The summed E-state index contributed by atoms with van der Waals surface area (Å²) in [5, 5.41) is 23.1. The molecule has 1 N–H and O–H groups in total. The van der Waals surface area contributed by atoms with Crippen molar-refractivity contribution in [3.63, 3.8) is 0 Å². The fraction of sp³-hybridized carbons (Fsp3) is 0.500. The van der Waals surface area contributed by atoms with Crippen molar-refractivity contribution in [1.82, 2.24) is 5.32 Å². The Balaban J connectivity index is 2.82. The lowest BCUT2D eigenvalue weighted by molar-refractivity contribution is -0.386. The normalized spacial score (nSPS) is 11.7. The maximum atomic E-state index is 11.1. The highest BCUT2D eigenvalue weighted by atomic mass is 16.6. The number of nitro benzene ring substituents is 1. The Labute approximate surface area is 123 Å². The van der Waals surface area contributed by atoms with Gasteiger partial charge in [-0.25, -0.2) is 0 Å². The minimum Gasteiger partial charge on any atom is -0.468 e. The lowest BCUT2D eigenvalue weighted by Gasteiger charge is -2.11. The largest absolute Gasteiger partial charge is 0.468 e. The molecule has 7 nitrogen and oxygen atoms in total. The zero-order valence-corrected chi connectivity index (χ0v) is 12.2. The predicted octanol–water partition coefficient (Wildman–Crippen LogP) is 2.01. The van der Waals surface area contributed by atoms with E-state index in [1.165, 1.54) is 12.1 Å². The average molecular weight is 293 g/mol. The zero-order chi connectivity index (χ0) is 15.7. The molecule has 0 saturated heterocycles.